The molecule has 0 saturated carbocycles. The summed E-state index contributed by atoms with van der Waals surface area (Å²) >= 11 is 0. The van der Waals surface area contributed by atoms with Crippen molar-refractivity contribution in [1.29, 1.82) is 0 Å². The van der Waals surface area contributed by atoms with Crippen LogP contribution in [0.4, 0.5) is 11.4 Å². The lowest BCUT2D eigenvalue weighted by Gasteiger charge is -2.08. The number of aromatic carboxylic acids is 1. The number of carboxylic acids is 1. The quantitative estimate of drug-likeness (QED) is 0.707. The first-order chi connectivity index (χ1) is 9.09. The Morgan fingerprint density at radius 1 is 1.11 bits per heavy atom. The fourth-order valence-electron chi connectivity index (χ4n) is 1.45. The minimum Gasteiger partial charge on any atom is -0.476 e. The molecule has 0 radical (unpaired) electrons. The topological polar surface area (TPSA) is 118 Å². The third-order valence-corrected chi connectivity index (χ3v) is 2.32. The predicted molar refractivity (Wildman–Crippen MR) is 67.8 cm³/mol. The summed E-state index contributed by atoms with van der Waals surface area (Å²) in [6.07, 6.45) is 2.45. The van der Waals surface area contributed by atoms with Gasteiger partial charge in [-0.2, -0.15) is 0 Å². The number of para-hydroxylation sites is 2. The van der Waals surface area contributed by atoms with Crippen molar-refractivity contribution < 1.29 is 14.7 Å². The maximum absolute atomic E-state index is 12.0. The maximum atomic E-state index is 12.0. The normalized spacial score (nSPS) is 9.89. The summed E-state index contributed by atoms with van der Waals surface area (Å²) in [5.74, 6) is -2.00. The molecule has 96 valence electrons. The van der Waals surface area contributed by atoms with Gasteiger partial charge in [-0.05, 0) is 12.1 Å². The first-order valence-electron chi connectivity index (χ1n) is 5.29. The van der Waals surface area contributed by atoms with E-state index in [0.29, 0.717) is 11.4 Å². The largest absolute Gasteiger partial charge is 0.476 e. The Hall–Kier alpha value is -2.96. The van der Waals surface area contributed by atoms with Gasteiger partial charge in [-0.25, -0.2) is 14.8 Å². The number of hydrogen-bond acceptors (Lipinski definition) is 5. The van der Waals surface area contributed by atoms with Crippen molar-refractivity contribution in [3.63, 3.8) is 0 Å². The molecule has 0 atom stereocenters. The predicted octanol–water partition coefficient (Wildman–Crippen LogP) is 1.01. The molecule has 1 aromatic carbocycles. The summed E-state index contributed by atoms with van der Waals surface area (Å²) in [5, 5.41) is 11.4. The summed E-state index contributed by atoms with van der Waals surface area (Å²) in [6.45, 7) is 0. The van der Waals surface area contributed by atoms with E-state index >= 15 is 0 Å². The average molecular weight is 258 g/mol. The first kappa shape index (κ1) is 12.5. The van der Waals surface area contributed by atoms with Gasteiger partial charge in [0.15, 0.2) is 11.4 Å². The zero-order chi connectivity index (χ0) is 13.8. The number of carbonyl (C=O) groups is 2. The van der Waals surface area contributed by atoms with Gasteiger partial charge in [0.05, 0.1) is 11.4 Å². The van der Waals surface area contributed by atoms with E-state index in [9.17, 15) is 9.59 Å². The van der Waals surface area contributed by atoms with E-state index in [2.05, 4.69) is 15.3 Å². The Kier molecular flexibility index (Phi) is 3.37. The molecule has 0 aliphatic carbocycles. The molecule has 7 heteroatoms. The highest BCUT2D eigenvalue weighted by Gasteiger charge is 2.19. The van der Waals surface area contributed by atoms with E-state index < -0.39 is 17.6 Å². The first-order valence-corrected chi connectivity index (χ1v) is 5.29. The van der Waals surface area contributed by atoms with Crippen molar-refractivity contribution in [1.82, 2.24) is 9.97 Å². The van der Waals surface area contributed by atoms with Gasteiger partial charge in [-0.15, -0.1) is 0 Å². The fourth-order valence-corrected chi connectivity index (χ4v) is 1.45. The highest BCUT2D eigenvalue weighted by molar-refractivity contribution is 6.09. The van der Waals surface area contributed by atoms with Crippen LogP contribution in [0.15, 0.2) is 36.7 Å². The molecule has 4 N–H and O–H groups in total. The molecular formula is C12H10N4O3. The van der Waals surface area contributed by atoms with Crippen LogP contribution in [0.1, 0.15) is 21.0 Å². The second kappa shape index (κ2) is 5.13. The van der Waals surface area contributed by atoms with Gasteiger partial charge in [0.2, 0.25) is 0 Å². The van der Waals surface area contributed by atoms with Gasteiger partial charge in [0, 0.05) is 12.4 Å². The van der Waals surface area contributed by atoms with Crippen molar-refractivity contribution in [3.8, 4) is 0 Å². The van der Waals surface area contributed by atoms with Crippen LogP contribution in [0.3, 0.4) is 0 Å². The van der Waals surface area contributed by atoms with Crippen LogP contribution in [0, 0.1) is 0 Å². The lowest BCUT2D eigenvalue weighted by atomic mass is 10.2. The van der Waals surface area contributed by atoms with Crippen molar-refractivity contribution in [2.45, 2.75) is 0 Å². The maximum Gasteiger partial charge on any atom is 0.356 e. The summed E-state index contributed by atoms with van der Waals surface area (Å²) in [6, 6.07) is 6.63. The molecule has 2 rings (SSSR count). The summed E-state index contributed by atoms with van der Waals surface area (Å²) in [4.78, 5) is 30.2. The standard InChI is InChI=1S/C12H10N4O3/c13-7-3-1-2-4-8(7)16-11(17)9-10(12(18)19)15-6-5-14-9/h1-6H,13H2,(H,16,17)(H,18,19). The number of carbonyl (C=O) groups excluding carboxylic acids is 1. The number of benzene rings is 1. The molecule has 0 spiro atoms. The van der Waals surface area contributed by atoms with Crippen molar-refractivity contribution >= 4 is 23.3 Å². The van der Waals surface area contributed by atoms with Crippen molar-refractivity contribution in [3.05, 3.63) is 48.0 Å². The van der Waals surface area contributed by atoms with E-state index in [0.717, 1.165) is 0 Å². The van der Waals surface area contributed by atoms with Gasteiger partial charge in [0.1, 0.15) is 0 Å². The second-order valence-corrected chi connectivity index (χ2v) is 3.60. The van der Waals surface area contributed by atoms with Crippen LogP contribution < -0.4 is 11.1 Å². The van der Waals surface area contributed by atoms with Crippen molar-refractivity contribution in [2.75, 3.05) is 11.1 Å². The van der Waals surface area contributed by atoms with E-state index in [1.165, 1.54) is 12.4 Å². The molecule has 0 bridgehead atoms. The van der Waals surface area contributed by atoms with Crippen LogP contribution in [0.25, 0.3) is 0 Å². The molecule has 19 heavy (non-hydrogen) atoms. The fraction of sp³-hybridized carbons (Fsp3) is 0. The number of anilines is 2. The molecule has 0 fully saturated rings. The number of nitrogens with one attached hydrogen (secondary N) is 1. The van der Waals surface area contributed by atoms with Gasteiger partial charge >= 0.3 is 5.97 Å². The van der Waals surface area contributed by atoms with Gasteiger partial charge in [-0.3, -0.25) is 4.79 Å². The molecule has 2 aromatic rings. The van der Waals surface area contributed by atoms with Crippen LogP contribution in [0.2, 0.25) is 0 Å². The molecule has 1 heterocycles. The minimum atomic E-state index is -1.32. The minimum absolute atomic E-state index is 0.266. The monoisotopic (exact) mass is 258 g/mol. The third kappa shape index (κ3) is 2.65. The Morgan fingerprint density at radius 3 is 2.37 bits per heavy atom. The van der Waals surface area contributed by atoms with Crippen LogP contribution >= 0.6 is 0 Å². The number of nitrogen functional groups attached to an aromatic ring is 1. The molecule has 0 unspecified atom stereocenters. The summed E-state index contributed by atoms with van der Waals surface area (Å²) in [5.41, 5.74) is 5.76. The molecule has 0 aliphatic rings. The zero-order valence-corrected chi connectivity index (χ0v) is 9.70. The van der Waals surface area contributed by atoms with E-state index in [-0.39, 0.29) is 5.69 Å². The van der Waals surface area contributed by atoms with Crippen LogP contribution in [0.5, 0.6) is 0 Å². The SMILES string of the molecule is Nc1ccccc1NC(=O)c1nccnc1C(=O)O. The Labute approximate surface area is 108 Å². The van der Waals surface area contributed by atoms with E-state index in [4.69, 9.17) is 10.8 Å². The molecule has 0 saturated heterocycles. The zero-order valence-electron chi connectivity index (χ0n) is 9.70. The Bertz CT molecular complexity index is 642. The smallest absolute Gasteiger partial charge is 0.356 e. The van der Waals surface area contributed by atoms with E-state index in [1.54, 1.807) is 24.3 Å². The molecule has 7 nitrogen and oxygen atoms in total. The van der Waals surface area contributed by atoms with Crippen molar-refractivity contribution in [2.24, 2.45) is 0 Å². The number of aromatic nitrogens is 2. The lowest BCUT2D eigenvalue weighted by molar-refractivity contribution is 0.0685. The highest BCUT2D eigenvalue weighted by atomic mass is 16.4. The number of amides is 1. The second-order valence-electron chi connectivity index (χ2n) is 3.60. The van der Waals surface area contributed by atoms with E-state index in [1.807, 2.05) is 0 Å². The van der Waals surface area contributed by atoms with Gasteiger partial charge in [-0.1, -0.05) is 12.1 Å². The Balaban J connectivity index is 2.31. The van der Waals surface area contributed by atoms with Crippen LogP contribution in [-0.2, 0) is 0 Å². The van der Waals surface area contributed by atoms with Gasteiger partial charge < -0.3 is 16.2 Å². The number of carboxylic acid groups (broad SMARTS) is 1. The number of hydrogen-bond donors (Lipinski definition) is 3. The van der Waals surface area contributed by atoms with Gasteiger partial charge in [0.25, 0.3) is 5.91 Å². The average Bonchev–Trinajstić information content (AvgIpc) is 2.41. The molecule has 1 aromatic heterocycles. The molecular weight excluding hydrogens is 248 g/mol. The number of nitrogens with zero attached hydrogens (tertiary/aromatic N) is 2. The third-order valence-electron chi connectivity index (χ3n) is 2.32. The highest BCUT2D eigenvalue weighted by Crippen LogP contribution is 2.17. The summed E-state index contributed by atoms with van der Waals surface area (Å²) in [7, 11) is 0. The lowest BCUT2D eigenvalue weighted by Crippen LogP contribution is -2.19. The number of rotatable bonds is 3. The summed E-state index contributed by atoms with van der Waals surface area (Å²) < 4.78 is 0. The molecule has 1 amide bonds. The molecule has 0 aliphatic heterocycles. The van der Waals surface area contributed by atoms with Crippen LogP contribution in [-0.4, -0.2) is 27.0 Å². The Morgan fingerprint density at radius 2 is 1.74 bits per heavy atom. The number of nitrogens with two attached hydrogens (primary N) is 1.